The summed E-state index contributed by atoms with van der Waals surface area (Å²) in [6.07, 6.45) is 2.88. The number of para-hydroxylation sites is 1. The number of halogens is 1. The van der Waals surface area contributed by atoms with Crippen molar-refractivity contribution in [3.8, 4) is 0 Å². The van der Waals surface area contributed by atoms with E-state index < -0.39 is 12.1 Å². The molecule has 0 bridgehead atoms. The van der Waals surface area contributed by atoms with E-state index in [1.807, 2.05) is 25.1 Å². The van der Waals surface area contributed by atoms with Gasteiger partial charge in [0, 0.05) is 6.54 Å². The molecule has 0 saturated carbocycles. The molecular weight excluding hydrogens is 302 g/mol. The second-order valence-electron chi connectivity index (χ2n) is 5.54. The van der Waals surface area contributed by atoms with Crippen LogP contribution in [0.4, 0.5) is 5.69 Å². The first-order valence-electron chi connectivity index (χ1n) is 7.66. The lowest BCUT2D eigenvalue weighted by Crippen LogP contribution is -2.55. The Hall–Kier alpha value is -1.59. The first kappa shape index (κ1) is 16.8. The number of nitrogens with one attached hydrogen (secondary N) is 1. The molecule has 120 valence electrons. The molecule has 2 unspecified atom stereocenters. The van der Waals surface area contributed by atoms with Gasteiger partial charge in [-0.1, -0.05) is 37.1 Å². The summed E-state index contributed by atoms with van der Waals surface area (Å²) in [4.78, 5) is 26.3. The lowest BCUT2D eigenvalue weighted by molar-refractivity contribution is -0.129. The Bertz CT molecular complexity index is 550. The summed E-state index contributed by atoms with van der Waals surface area (Å²) in [7, 11) is 0. The van der Waals surface area contributed by atoms with Crippen LogP contribution in [-0.4, -0.2) is 30.4 Å². The number of benzene rings is 1. The molecule has 6 heteroatoms. The van der Waals surface area contributed by atoms with Crippen molar-refractivity contribution in [2.45, 2.75) is 44.7 Å². The van der Waals surface area contributed by atoms with Crippen LogP contribution < -0.4 is 16.0 Å². The van der Waals surface area contributed by atoms with E-state index in [1.165, 1.54) is 0 Å². The van der Waals surface area contributed by atoms with Gasteiger partial charge in [-0.15, -0.1) is 0 Å². The van der Waals surface area contributed by atoms with E-state index in [2.05, 4.69) is 5.32 Å². The summed E-state index contributed by atoms with van der Waals surface area (Å²) in [5, 5.41) is 3.31. The number of piperidine rings is 1. The SMILES string of the molecule is CCCC(N)C(=O)NC1CCCN(c2ccccc2Cl)C1=O. The fraction of sp³-hybridized carbons (Fsp3) is 0.500. The highest BCUT2D eigenvalue weighted by atomic mass is 35.5. The van der Waals surface area contributed by atoms with Crippen LogP contribution in [0.2, 0.25) is 5.02 Å². The Labute approximate surface area is 135 Å². The highest BCUT2D eigenvalue weighted by molar-refractivity contribution is 6.33. The summed E-state index contributed by atoms with van der Waals surface area (Å²) in [6.45, 7) is 2.58. The van der Waals surface area contributed by atoms with Gasteiger partial charge in [-0.2, -0.15) is 0 Å². The van der Waals surface area contributed by atoms with Crippen LogP contribution in [-0.2, 0) is 9.59 Å². The van der Waals surface area contributed by atoms with E-state index in [9.17, 15) is 9.59 Å². The number of anilines is 1. The van der Waals surface area contributed by atoms with Crippen molar-refractivity contribution in [3.63, 3.8) is 0 Å². The maximum absolute atomic E-state index is 12.6. The lowest BCUT2D eigenvalue weighted by Gasteiger charge is -2.33. The Morgan fingerprint density at radius 3 is 2.91 bits per heavy atom. The van der Waals surface area contributed by atoms with Gasteiger partial charge >= 0.3 is 0 Å². The van der Waals surface area contributed by atoms with Gasteiger partial charge in [0.2, 0.25) is 11.8 Å². The van der Waals surface area contributed by atoms with Gasteiger partial charge < -0.3 is 16.0 Å². The topological polar surface area (TPSA) is 75.4 Å². The summed E-state index contributed by atoms with van der Waals surface area (Å²) >= 11 is 6.17. The minimum absolute atomic E-state index is 0.128. The first-order chi connectivity index (χ1) is 10.5. The molecule has 0 aromatic heterocycles. The van der Waals surface area contributed by atoms with Crippen LogP contribution in [0.1, 0.15) is 32.6 Å². The number of nitrogens with zero attached hydrogens (tertiary/aromatic N) is 1. The fourth-order valence-corrected chi connectivity index (χ4v) is 2.88. The van der Waals surface area contributed by atoms with Gasteiger partial charge in [-0.25, -0.2) is 0 Å². The number of hydrogen-bond acceptors (Lipinski definition) is 3. The Morgan fingerprint density at radius 2 is 2.23 bits per heavy atom. The van der Waals surface area contributed by atoms with Gasteiger partial charge in [-0.05, 0) is 31.4 Å². The van der Waals surface area contributed by atoms with Crippen LogP contribution in [0, 0.1) is 0 Å². The quantitative estimate of drug-likeness (QED) is 0.871. The van der Waals surface area contributed by atoms with Crippen molar-refractivity contribution >= 4 is 29.1 Å². The van der Waals surface area contributed by atoms with Crippen LogP contribution in [0.25, 0.3) is 0 Å². The summed E-state index contributed by atoms with van der Waals surface area (Å²) in [5.41, 5.74) is 6.49. The normalized spacial score (nSPS) is 19.9. The predicted molar refractivity (Wildman–Crippen MR) is 87.9 cm³/mol. The van der Waals surface area contributed by atoms with Gasteiger partial charge in [0.15, 0.2) is 0 Å². The predicted octanol–water partition coefficient (Wildman–Crippen LogP) is 2.08. The minimum atomic E-state index is -0.562. The van der Waals surface area contributed by atoms with Crippen molar-refractivity contribution in [1.82, 2.24) is 5.32 Å². The Balaban J connectivity index is 2.07. The standard InChI is InChI=1S/C16H22ClN3O2/c1-2-6-12(18)15(21)19-13-8-5-10-20(16(13)22)14-9-4-3-7-11(14)17/h3-4,7,9,12-13H,2,5-6,8,10,18H2,1H3,(H,19,21). The number of rotatable bonds is 5. The molecule has 1 aromatic carbocycles. The molecule has 2 rings (SSSR count). The zero-order chi connectivity index (χ0) is 16.1. The van der Waals surface area contributed by atoms with Crippen molar-refractivity contribution in [1.29, 1.82) is 0 Å². The van der Waals surface area contributed by atoms with Gasteiger partial charge in [-0.3, -0.25) is 9.59 Å². The molecule has 2 amide bonds. The molecule has 3 N–H and O–H groups in total. The van der Waals surface area contributed by atoms with Crippen LogP contribution in [0.5, 0.6) is 0 Å². The molecule has 1 aliphatic heterocycles. The molecule has 0 spiro atoms. The zero-order valence-electron chi connectivity index (χ0n) is 12.7. The van der Waals surface area contributed by atoms with Crippen molar-refractivity contribution < 1.29 is 9.59 Å². The third kappa shape index (κ3) is 3.78. The summed E-state index contributed by atoms with van der Waals surface area (Å²) in [6, 6.07) is 6.14. The van der Waals surface area contributed by atoms with Crippen molar-refractivity contribution in [2.75, 3.05) is 11.4 Å². The molecule has 0 radical (unpaired) electrons. The summed E-state index contributed by atoms with van der Waals surface area (Å²) < 4.78 is 0. The maximum atomic E-state index is 12.6. The van der Waals surface area contributed by atoms with Gasteiger partial charge in [0.25, 0.3) is 0 Å². The highest BCUT2D eigenvalue weighted by Gasteiger charge is 2.32. The van der Waals surface area contributed by atoms with E-state index in [0.717, 1.165) is 12.8 Å². The number of nitrogens with two attached hydrogens (primary N) is 1. The molecule has 1 aliphatic rings. The molecule has 0 aliphatic carbocycles. The molecule has 22 heavy (non-hydrogen) atoms. The molecule has 2 atom stereocenters. The third-order valence-corrected chi connectivity index (χ3v) is 4.15. The first-order valence-corrected chi connectivity index (χ1v) is 8.04. The lowest BCUT2D eigenvalue weighted by atomic mass is 10.0. The Kier molecular flexibility index (Phi) is 5.80. The van der Waals surface area contributed by atoms with Crippen molar-refractivity contribution in [3.05, 3.63) is 29.3 Å². The van der Waals surface area contributed by atoms with Crippen LogP contribution in [0.15, 0.2) is 24.3 Å². The molecule has 5 nitrogen and oxygen atoms in total. The number of hydrogen-bond donors (Lipinski definition) is 2. The Morgan fingerprint density at radius 1 is 1.50 bits per heavy atom. The third-order valence-electron chi connectivity index (χ3n) is 3.83. The van der Waals surface area contributed by atoms with E-state index in [0.29, 0.717) is 30.1 Å². The molecule has 1 fully saturated rings. The molecule has 1 aromatic rings. The zero-order valence-corrected chi connectivity index (χ0v) is 13.5. The largest absolute Gasteiger partial charge is 0.343 e. The number of amides is 2. The van der Waals surface area contributed by atoms with Crippen LogP contribution >= 0.6 is 11.6 Å². The molecular formula is C16H22ClN3O2. The number of carbonyl (C=O) groups excluding carboxylic acids is 2. The smallest absolute Gasteiger partial charge is 0.249 e. The van der Waals surface area contributed by atoms with Gasteiger partial charge in [0.1, 0.15) is 6.04 Å². The molecule has 1 heterocycles. The second-order valence-corrected chi connectivity index (χ2v) is 5.95. The molecule has 1 saturated heterocycles. The van der Waals surface area contributed by atoms with E-state index in [-0.39, 0.29) is 11.8 Å². The highest BCUT2D eigenvalue weighted by Crippen LogP contribution is 2.28. The minimum Gasteiger partial charge on any atom is -0.343 e. The fourth-order valence-electron chi connectivity index (χ4n) is 2.64. The average molecular weight is 324 g/mol. The van der Waals surface area contributed by atoms with Crippen LogP contribution in [0.3, 0.4) is 0 Å². The van der Waals surface area contributed by atoms with Gasteiger partial charge in [0.05, 0.1) is 16.8 Å². The average Bonchev–Trinajstić information content (AvgIpc) is 2.50. The maximum Gasteiger partial charge on any atom is 0.249 e. The van der Waals surface area contributed by atoms with E-state index in [1.54, 1.807) is 11.0 Å². The van der Waals surface area contributed by atoms with E-state index >= 15 is 0 Å². The van der Waals surface area contributed by atoms with E-state index in [4.69, 9.17) is 17.3 Å². The second kappa shape index (κ2) is 7.61. The monoisotopic (exact) mass is 323 g/mol. The number of carbonyl (C=O) groups is 2. The van der Waals surface area contributed by atoms with Crippen molar-refractivity contribution in [2.24, 2.45) is 5.73 Å². The summed E-state index contributed by atoms with van der Waals surface area (Å²) in [5.74, 6) is -0.391.